The van der Waals surface area contributed by atoms with Gasteiger partial charge in [-0.25, -0.2) is 0 Å². The van der Waals surface area contributed by atoms with Gasteiger partial charge in [-0.2, -0.15) is 0 Å². The second-order valence-electron chi connectivity index (χ2n) is 3.14. The summed E-state index contributed by atoms with van der Waals surface area (Å²) >= 11 is 0. The number of hydrogen-bond acceptors (Lipinski definition) is 3. The Balaban J connectivity index is 5.07. The van der Waals surface area contributed by atoms with E-state index >= 15 is 0 Å². The molecule has 84 valence electrons. The van der Waals surface area contributed by atoms with Gasteiger partial charge in [0.15, 0.2) is 0 Å². The standard InChI is InChI=1S/C12H18O3/c1-5-11(6-2,9-13)15-12(7-3,8-4)10-14/h5-8,13-14H,1-4,9-10H2. The molecule has 0 heterocycles. The molecule has 0 aromatic carbocycles. The van der Waals surface area contributed by atoms with Crippen molar-refractivity contribution in [2.45, 2.75) is 11.2 Å². The van der Waals surface area contributed by atoms with Gasteiger partial charge >= 0.3 is 0 Å². The van der Waals surface area contributed by atoms with Crippen molar-refractivity contribution in [1.29, 1.82) is 0 Å². The Kier molecular flexibility index (Phi) is 5.22. The van der Waals surface area contributed by atoms with Gasteiger partial charge in [0.05, 0.1) is 13.2 Å². The molecule has 2 N–H and O–H groups in total. The molecule has 0 aliphatic heterocycles. The molecule has 15 heavy (non-hydrogen) atoms. The zero-order valence-corrected chi connectivity index (χ0v) is 8.85. The highest BCUT2D eigenvalue weighted by molar-refractivity contribution is 5.17. The van der Waals surface area contributed by atoms with Crippen molar-refractivity contribution in [2.75, 3.05) is 13.2 Å². The highest BCUT2D eigenvalue weighted by atomic mass is 16.5. The van der Waals surface area contributed by atoms with Crippen LogP contribution in [0.3, 0.4) is 0 Å². The Hall–Kier alpha value is -1.16. The molecule has 0 spiro atoms. The summed E-state index contributed by atoms with van der Waals surface area (Å²) in [4.78, 5) is 0. The predicted molar refractivity (Wildman–Crippen MR) is 61.5 cm³/mol. The number of ether oxygens (including phenoxy) is 1. The topological polar surface area (TPSA) is 49.7 Å². The SMILES string of the molecule is C=CC(C=C)(CO)OC(C=C)(C=C)CO. The van der Waals surface area contributed by atoms with Crippen molar-refractivity contribution in [2.24, 2.45) is 0 Å². The normalized spacial score (nSPS) is 11.9. The average Bonchev–Trinajstić information content (AvgIpc) is 2.33. The first kappa shape index (κ1) is 13.8. The first-order valence-corrected chi connectivity index (χ1v) is 4.54. The number of rotatable bonds is 8. The molecule has 0 atom stereocenters. The van der Waals surface area contributed by atoms with Crippen LogP contribution in [0.2, 0.25) is 0 Å². The maximum absolute atomic E-state index is 9.21. The van der Waals surface area contributed by atoms with Gasteiger partial charge < -0.3 is 14.9 Å². The van der Waals surface area contributed by atoms with Crippen LogP contribution >= 0.6 is 0 Å². The van der Waals surface area contributed by atoms with Gasteiger partial charge in [0.2, 0.25) is 0 Å². The maximum atomic E-state index is 9.21. The fourth-order valence-electron chi connectivity index (χ4n) is 1.01. The second-order valence-corrected chi connectivity index (χ2v) is 3.14. The summed E-state index contributed by atoms with van der Waals surface area (Å²) in [6.07, 6.45) is 5.66. The second kappa shape index (κ2) is 5.66. The van der Waals surface area contributed by atoms with Crippen LogP contribution in [-0.2, 0) is 4.74 Å². The zero-order valence-electron chi connectivity index (χ0n) is 8.85. The summed E-state index contributed by atoms with van der Waals surface area (Å²) in [5.74, 6) is 0. The molecule has 0 saturated heterocycles. The third-order valence-corrected chi connectivity index (χ3v) is 2.26. The molecule has 3 heteroatoms. The summed E-state index contributed by atoms with van der Waals surface area (Å²) in [7, 11) is 0. The molecule has 0 bridgehead atoms. The van der Waals surface area contributed by atoms with Crippen LogP contribution in [-0.4, -0.2) is 34.6 Å². The lowest BCUT2D eigenvalue weighted by Crippen LogP contribution is -2.44. The molecular formula is C12H18O3. The van der Waals surface area contributed by atoms with Crippen LogP contribution in [0.4, 0.5) is 0 Å². The first-order chi connectivity index (χ1) is 7.07. The van der Waals surface area contributed by atoms with E-state index in [1.807, 2.05) is 0 Å². The van der Waals surface area contributed by atoms with E-state index in [1.54, 1.807) is 0 Å². The molecule has 0 aromatic heterocycles. The summed E-state index contributed by atoms with van der Waals surface area (Å²) in [6.45, 7) is 13.6. The van der Waals surface area contributed by atoms with E-state index in [-0.39, 0.29) is 13.2 Å². The van der Waals surface area contributed by atoms with Gasteiger partial charge in [0.25, 0.3) is 0 Å². The zero-order chi connectivity index (χ0) is 11.9. The van der Waals surface area contributed by atoms with E-state index < -0.39 is 11.2 Å². The lowest BCUT2D eigenvalue weighted by Gasteiger charge is -2.35. The van der Waals surface area contributed by atoms with Crippen LogP contribution in [0.5, 0.6) is 0 Å². The fraction of sp³-hybridized carbons (Fsp3) is 0.333. The number of aliphatic hydroxyl groups is 2. The smallest absolute Gasteiger partial charge is 0.128 e. The molecule has 0 aromatic rings. The van der Waals surface area contributed by atoms with Crippen LogP contribution in [0.15, 0.2) is 50.6 Å². The third-order valence-electron chi connectivity index (χ3n) is 2.26. The van der Waals surface area contributed by atoms with Gasteiger partial charge in [0, 0.05) is 0 Å². The summed E-state index contributed by atoms with van der Waals surface area (Å²) < 4.78 is 5.55. The number of aliphatic hydroxyl groups excluding tert-OH is 2. The van der Waals surface area contributed by atoms with Gasteiger partial charge in [0.1, 0.15) is 11.2 Å². The van der Waals surface area contributed by atoms with E-state index in [1.165, 1.54) is 24.3 Å². The van der Waals surface area contributed by atoms with Gasteiger partial charge in [-0.3, -0.25) is 0 Å². The average molecular weight is 210 g/mol. The van der Waals surface area contributed by atoms with Crippen molar-refractivity contribution >= 4 is 0 Å². The lowest BCUT2D eigenvalue weighted by molar-refractivity contribution is -0.0982. The van der Waals surface area contributed by atoms with Crippen LogP contribution in [0.25, 0.3) is 0 Å². The third kappa shape index (κ3) is 2.89. The van der Waals surface area contributed by atoms with Crippen LogP contribution in [0, 0.1) is 0 Å². The quantitative estimate of drug-likeness (QED) is 0.592. The highest BCUT2D eigenvalue weighted by Crippen LogP contribution is 2.24. The summed E-state index contributed by atoms with van der Waals surface area (Å²) in [5.41, 5.74) is -2.21. The molecule has 0 aliphatic rings. The Labute approximate surface area is 90.7 Å². The van der Waals surface area contributed by atoms with E-state index in [0.717, 1.165) is 0 Å². The summed E-state index contributed by atoms with van der Waals surface area (Å²) in [5, 5.41) is 18.4. The summed E-state index contributed by atoms with van der Waals surface area (Å²) in [6, 6.07) is 0. The molecule has 0 radical (unpaired) electrons. The molecule has 0 unspecified atom stereocenters. The Morgan fingerprint density at radius 1 is 0.800 bits per heavy atom. The Bertz CT molecular complexity index is 214. The molecule has 0 amide bonds. The van der Waals surface area contributed by atoms with Crippen molar-refractivity contribution in [3.05, 3.63) is 50.6 Å². The van der Waals surface area contributed by atoms with Crippen molar-refractivity contribution in [1.82, 2.24) is 0 Å². The predicted octanol–water partition coefficient (Wildman–Crippen LogP) is 1.21. The minimum atomic E-state index is -1.11. The monoisotopic (exact) mass is 210 g/mol. The van der Waals surface area contributed by atoms with E-state index in [4.69, 9.17) is 4.74 Å². The largest absolute Gasteiger partial charge is 0.393 e. The minimum Gasteiger partial charge on any atom is -0.393 e. The number of hydrogen-bond donors (Lipinski definition) is 2. The molecule has 3 nitrogen and oxygen atoms in total. The van der Waals surface area contributed by atoms with E-state index in [2.05, 4.69) is 26.3 Å². The highest BCUT2D eigenvalue weighted by Gasteiger charge is 2.33. The van der Waals surface area contributed by atoms with Crippen molar-refractivity contribution in [3.8, 4) is 0 Å². The first-order valence-electron chi connectivity index (χ1n) is 4.54. The fourth-order valence-corrected chi connectivity index (χ4v) is 1.01. The molecule has 0 saturated carbocycles. The van der Waals surface area contributed by atoms with Crippen molar-refractivity contribution < 1.29 is 14.9 Å². The van der Waals surface area contributed by atoms with Gasteiger partial charge in [-0.1, -0.05) is 50.6 Å². The van der Waals surface area contributed by atoms with Crippen molar-refractivity contribution in [3.63, 3.8) is 0 Å². The molecular weight excluding hydrogens is 192 g/mol. The Morgan fingerprint density at radius 3 is 1.20 bits per heavy atom. The van der Waals surface area contributed by atoms with E-state index in [9.17, 15) is 10.2 Å². The minimum absolute atomic E-state index is 0.316. The lowest BCUT2D eigenvalue weighted by atomic mass is 10.0. The van der Waals surface area contributed by atoms with Gasteiger partial charge in [-0.05, 0) is 0 Å². The molecule has 0 fully saturated rings. The van der Waals surface area contributed by atoms with Crippen LogP contribution in [0.1, 0.15) is 0 Å². The molecule has 0 aliphatic carbocycles. The maximum Gasteiger partial charge on any atom is 0.128 e. The van der Waals surface area contributed by atoms with E-state index in [0.29, 0.717) is 0 Å². The Morgan fingerprint density at radius 2 is 1.07 bits per heavy atom. The van der Waals surface area contributed by atoms with Crippen LogP contribution < -0.4 is 0 Å². The van der Waals surface area contributed by atoms with Gasteiger partial charge in [-0.15, -0.1) is 0 Å². The molecule has 0 rings (SSSR count).